The average molecular weight is 96.5 g/mol. The molecule has 5 heavy (non-hydrogen) atoms. The third-order valence-corrected chi connectivity index (χ3v) is 0.289. The minimum Gasteiger partial charge on any atom is -0.392 e. The molecule has 0 aromatic carbocycles. The van der Waals surface area contributed by atoms with Crippen LogP contribution in [0.15, 0.2) is 0 Å². The maximum Gasteiger partial charge on any atom is 0.150 e. The molecule has 32 valence electrons. The third-order valence-electron chi connectivity index (χ3n) is 0.151. The van der Waals surface area contributed by atoms with Crippen LogP contribution in [0.3, 0.4) is 0 Å². The highest BCUT2D eigenvalue weighted by molar-refractivity contribution is 6.19. The van der Waals surface area contributed by atoms with E-state index in [1.54, 1.807) is 0 Å². The molecule has 0 unspecified atom stereocenters. The molecular weight excluding hydrogens is 91.5 g/mol. The molecule has 0 saturated carbocycles. The highest BCUT2D eigenvalue weighted by Crippen LogP contribution is 1.81. The van der Waals surface area contributed by atoms with E-state index < -0.39 is 5.56 Å². The van der Waals surface area contributed by atoms with Crippen LogP contribution >= 0.6 is 11.6 Å². The van der Waals surface area contributed by atoms with Crippen LogP contribution < -0.4 is 0 Å². The molecule has 0 bridgehead atoms. The predicted molar refractivity (Wildman–Crippen MR) is 18.9 cm³/mol. The number of aliphatic hydroxyl groups is 2. The number of aliphatic hydroxyl groups excluding tert-OH is 2. The van der Waals surface area contributed by atoms with Gasteiger partial charge in [-0.15, -0.1) is 0 Å². The Morgan fingerprint density at radius 2 is 2.00 bits per heavy atom. The summed E-state index contributed by atoms with van der Waals surface area (Å²) in [6.45, 7) is -0.373. The van der Waals surface area contributed by atoms with Crippen molar-refractivity contribution in [3.8, 4) is 0 Å². The van der Waals surface area contributed by atoms with E-state index in [1.165, 1.54) is 0 Å². The Morgan fingerprint density at radius 1 is 1.80 bits per heavy atom. The Morgan fingerprint density at radius 3 is 2.00 bits per heavy atom. The topological polar surface area (TPSA) is 40.5 Å². The van der Waals surface area contributed by atoms with Gasteiger partial charge in [0.1, 0.15) is 0 Å². The van der Waals surface area contributed by atoms with Gasteiger partial charge in [0.25, 0.3) is 0 Å². The summed E-state index contributed by atoms with van der Waals surface area (Å²) >= 11 is 4.77. The van der Waals surface area contributed by atoms with E-state index in [4.69, 9.17) is 21.8 Å². The van der Waals surface area contributed by atoms with Crippen molar-refractivity contribution >= 4 is 11.6 Å². The Bertz CT molecular complexity index is 21.6. The first-order valence-corrected chi connectivity index (χ1v) is 1.64. The first-order chi connectivity index (χ1) is 2.27. The van der Waals surface area contributed by atoms with Crippen molar-refractivity contribution in [2.24, 2.45) is 0 Å². The van der Waals surface area contributed by atoms with Crippen LogP contribution in [0.25, 0.3) is 0 Å². The molecule has 0 aromatic rings. The molecule has 0 aromatic heterocycles. The number of halogens is 1. The molecule has 0 fully saturated rings. The molecular formula is C2H5ClO2. The van der Waals surface area contributed by atoms with Gasteiger partial charge in [-0.05, 0) is 0 Å². The molecule has 1 atom stereocenters. The summed E-state index contributed by atoms with van der Waals surface area (Å²) in [7, 11) is 0. The van der Waals surface area contributed by atoms with Gasteiger partial charge >= 0.3 is 0 Å². The third kappa shape index (κ3) is 4.21. The largest absolute Gasteiger partial charge is 0.392 e. The molecule has 0 radical (unpaired) electrons. The first-order valence-electron chi connectivity index (χ1n) is 1.20. The van der Waals surface area contributed by atoms with E-state index in [9.17, 15) is 0 Å². The lowest BCUT2D eigenvalue weighted by atomic mass is 10.8. The van der Waals surface area contributed by atoms with Crippen molar-refractivity contribution in [1.82, 2.24) is 0 Å². The van der Waals surface area contributed by atoms with E-state index in [-0.39, 0.29) is 6.61 Å². The molecule has 0 heterocycles. The lowest BCUT2D eigenvalue weighted by Gasteiger charge is -1.87. The van der Waals surface area contributed by atoms with Crippen LogP contribution in [0.4, 0.5) is 0 Å². The fourth-order valence-electron chi connectivity index (χ4n) is 0. The summed E-state index contributed by atoms with van der Waals surface area (Å²) in [6.07, 6.45) is 0. The van der Waals surface area contributed by atoms with Crippen LogP contribution in [0, 0.1) is 0 Å². The maximum atomic E-state index is 7.88. The Hall–Kier alpha value is 0.210. The molecule has 0 aliphatic rings. The van der Waals surface area contributed by atoms with Crippen LogP contribution in [-0.4, -0.2) is 22.4 Å². The summed E-state index contributed by atoms with van der Waals surface area (Å²) in [4.78, 5) is 0. The average Bonchev–Trinajstić information content (AvgIpc) is 1.38. The maximum absolute atomic E-state index is 7.88. The van der Waals surface area contributed by atoms with Crippen LogP contribution in [0.2, 0.25) is 0 Å². The summed E-state index contributed by atoms with van der Waals surface area (Å²) in [5, 5.41) is 15.6. The fraction of sp³-hybridized carbons (Fsp3) is 1.00. The van der Waals surface area contributed by atoms with Gasteiger partial charge in [0.05, 0.1) is 6.61 Å². The number of hydrogen-bond acceptors (Lipinski definition) is 2. The van der Waals surface area contributed by atoms with Gasteiger partial charge in [-0.2, -0.15) is 0 Å². The van der Waals surface area contributed by atoms with Crippen molar-refractivity contribution in [3.63, 3.8) is 0 Å². The SMILES string of the molecule is OC[C@H](O)Cl. The number of rotatable bonds is 1. The Balaban J connectivity index is 2.54. The highest BCUT2D eigenvalue weighted by Gasteiger charge is 1.86. The van der Waals surface area contributed by atoms with E-state index in [1.807, 2.05) is 0 Å². The molecule has 0 saturated heterocycles. The predicted octanol–water partition coefficient (Wildman–Crippen LogP) is -0.464. The minimum absolute atomic E-state index is 0.373. The molecule has 0 aliphatic carbocycles. The van der Waals surface area contributed by atoms with Crippen molar-refractivity contribution < 1.29 is 10.2 Å². The standard InChI is InChI=1S/C2H5ClO2/c3-2(5)1-4/h2,4-5H,1H2/t2-/m0/s1. The minimum atomic E-state index is -1.09. The van der Waals surface area contributed by atoms with Crippen molar-refractivity contribution in [3.05, 3.63) is 0 Å². The molecule has 0 spiro atoms. The van der Waals surface area contributed by atoms with Crippen LogP contribution in [0.5, 0.6) is 0 Å². The normalized spacial score (nSPS) is 15.0. The van der Waals surface area contributed by atoms with Crippen molar-refractivity contribution in [1.29, 1.82) is 0 Å². The quantitative estimate of drug-likeness (QED) is 0.434. The van der Waals surface area contributed by atoms with Crippen molar-refractivity contribution in [2.75, 3.05) is 6.61 Å². The fourth-order valence-corrected chi connectivity index (χ4v) is 0. The zero-order valence-corrected chi connectivity index (χ0v) is 3.31. The van der Waals surface area contributed by atoms with Gasteiger partial charge in [0.15, 0.2) is 5.56 Å². The monoisotopic (exact) mass is 96.0 g/mol. The van der Waals surface area contributed by atoms with Gasteiger partial charge in [-0.1, -0.05) is 11.6 Å². The second-order valence-corrected chi connectivity index (χ2v) is 1.12. The van der Waals surface area contributed by atoms with Crippen LogP contribution in [-0.2, 0) is 0 Å². The van der Waals surface area contributed by atoms with Gasteiger partial charge in [-0.3, -0.25) is 0 Å². The van der Waals surface area contributed by atoms with Gasteiger partial charge in [0.2, 0.25) is 0 Å². The number of alkyl halides is 1. The Kier molecular flexibility index (Phi) is 2.55. The number of hydrogen-bond donors (Lipinski definition) is 2. The molecule has 0 amide bonds. The Labute approximate surface area is 35.0 Å². The van der Waals surface area contributed by atoms with E-state index in [0.29, 0.717) is 0 Å². The smallest absolute Gasteiger partial charge is 0.150 e. The lowest BCUT2D eigenvalue weighted by Crippen LogP contribution is -1.99. The molecule has 3 heteroatoms. The van der Waals surface area contributed by atoms with E-state index in [0.717, 1.165) is 0 Å². The van der Waals surface area contributed by atoms with Crippen molar-refractivity contribution in [2.45, 2.75) is 5.56 Å². The second-order valence-electron chi connectivity index (χ2n) is 0.617. The van der Waals surface area contributed by atoms with E-state index >= 15 is 0 Å². The summed E-state index contributed by atoms with van der Waals surface area (Å²) in [6, 6.07) is 0. The van der Waals surface area contributed by atoms with Gasteiger partial charge < -0.3 is 10.2 Å². The summed E-state index contributed by atoms with van der Waals surface area (Å²) in [5.74, 6) is 0. The summed E-state index contributed by atoms with van der Waals surface area (Å²) in [5.41, 5.74) is -1.09. The van der Waals surface area contributed by atoms with Gasteiger partial charge in [-0.25, -0.2) is 0 Å². The lowest BCUT2D eigenvalue weighted by molar-refractivity contribution is 0.155. The molecule has 2 N–H and O–H groups in total. The molecule has 0 aliphatic heterocycles. The molecule has 2 nitrogen and oxygen atoms in total. The van der Waals surface area contributed by atoms with Crippen LogP contribution in [0.1, 0.15) is 0 Å². The zero-order valence-electron chi connectivity index (χ0n) is 2.56. The van der Waals surface area contributed by atoms with E-state index in [2.05, 4.69) is 0 Å². The zero-order chi connectivity index (χ0) is 4.28. The second kappa shape index (κ2) is 2.45. The summed E-state index contributed by atoms with van der Waals surface area (Å²) < 4.78 is 0. The van der Waals surface area contributed by atoms with Gasteiger partial charge in [0, 0.05) is 0 Å². The molecule has 0 rings (SSSR count). The first kappa shape index (κ1) is 5.21. The highest BCUT2D eigenvalue weighted by atomic mass is 35.5.